The zero-order chi connectivity index (χ0) is 3.58. The summed E-state index contributed by atoms with van der Waals surface area (Å²) in [5, 5.41) is 8.89. The van der Waals surface area contributed by atoms with Gasteiger partial charge in [-0.05, 0) is 6.92 Å². The first kappa shape index (κ1) is 22.7. The molecule has 0 rings (SSSR count). The minimum absolute atomic E-state index is 0. The van der Waals surface area contributed by atoms with Crippen LogP contribution in [0.1, 0.15) is 6.92 Å². The van der Waals surface area contributed by atoms with Crippen molar-refractivity contribution in [2.75, 3.05) is 0 Å². The van der Waals surface area contributed by atoms with Gasteiger partial charge in [-0.1, -0.05) is 0 Å². The summed E-state index contributed by atoms with van der Waals surface area (Å²) in [5.41, 5.74) is 0. The molecule has 0 aliphatic heterocycles. The monoisotopic (exact) mass is 352 g/mol. The Morgan fingerprint density at radius 2 is 1.43 bits per heavy atom. The smallest absolute Gasteiger partial charge is 0.870 e. The van der Waals surface area contributed by atoms with Crippen LogP contribution in [0.15, 0.2) is 0 Å². The summed E-state index contributed by atoms with van der Waals surface area (Å²) in [6, 6.07) is 0. The molecule has 0 amide bonds. The zero-order valence-corrected chi connectivity index (χ0v) is 13.1. The third-order valence-corrected chi connectivity index (χ3v) is 0. The van der Waals surface area contributed by atoms with Crippen molar-refractivity contribution in [3.05, 3.63) is 0 Å². The summed E-state index contributed by atoms with van der Waals surface area (Å²) >= 11 is 0. The topological polar surface area (TPSA) is 70.1 Å². The van der Waals surface area contributed by atoms with Gasteiger partial charge < -0.3 is 15.4 Å². The molecule has 0 fully saturated rings. The van der Waals surface area contributed by atoms with Crippen molar-refractivity contribution in [1.29, 1.82) is 0 Å². The number of aliphatic carboxylic acids is 1. The van der Waals surface area contributed by atoms with Crippen molar-refractivity contribution < 1.29 is 15.4 Å². The van der Waals surface area contributed by atoms with E-state index in [0.717, 1.165) is 6.92 Å². The van der Waals surface area contributed by atoms with Gasteiger partial charge in [0, 0.05) is 5.97 Å². The van der Waals surface area contributed by atoms with Crippen LogP contribution in [-0.4, -0.2) is 109 Å². The van der Waals surface area contributed by atoms with Crippen molar-refractivity contribution in [2.45, 2.75) is 6.92 Å². The summed E-state index contributed by atoms with van der Waals surface area (Å²) in [6.45, 7) is 0.972. The van der Waals surface area contributed by atoms with E-state index < -0.39 is 5.97 Å². The van der Waals surface area contributed by atoms with Crippen molar-refractivity contribution >= 4 is 104 Å². The van der Waals surface area contributed by atoms with Crippen LogP contribution in [0, 0.1) is 0 Å². The predicted octanol–water partition coefficient (Wildman–Crippen LogP) is -2.18. The van der Waals surface area contributed by atoms with Gasteiger partial charge in [-0.3, -0.25) is 0 Å². The Morgan fingerprint density at radius 1 is 1.43 bits per heavy atom. The summed E-state index contributed by atoms with van der Waals surface area (Å²) in [7, 11) is 0. The molecule has 0 atom stereocenters. The van der Waals surface area contributed by atoms with Gasteiger partial charge in [0.1, 0.15) is 0 Å². The second kappa shape index (κ2) is 15.8. The number of carbonyl (C=O) groups is 1. The van der Waals surface area contributed by atoms with E-state index in [0.29, 0.717) is 0 Å². The average molecular weight is 351 g/mol. The Balaban J connectivity index is -0.0000000150. The molecule has 32 valence electrons. The number of hydrogen-bond donors (Lipinski definition) is 0. The van der Waals surface area contributed by atoms with E-state index in [1.165, 1.54) is 0 Å². The first-order chi connectivity index (χ1) is 1.73. The van der Waals surface area contributed by atoms with E-state index in [-0.39, 0.29) is 103 Å². The molecule has 0 aliphatic carbocycles. The number of carboxylic acid groups (broad SMARTS) is 1. The molecule has 0 unspecified atom stereocenters. The summed E-state index contributed by atoms with van der Waals surface area (Å²) in [6.07, 6.45) is 0. The van der Waals surface area contributed by atoms with Crippen LogP contribution in [0.5, 0.6) is 0 Å². The maximum atomic E-state index is 8.89. The normalized spacial score (nSPS) is 3.57. The second-order valence-electron chi connectivity index (χ2n) is 0.492. The zero-order valence-electron chi connectivity index (χ0n) is 4.18. The Morgan fingerprint density at radius 3 is 1.43 bits per heavy atom. The first-order valence-electron chi connectivity index (χ1n) is 0.908. The van der Waals surface area contributed by atoms with Crippen LogP contribution in [0.4, 0.5) is 0 Å². The van der Waals surface area contributed by atoms with Crippen LogP contribution in [0.3, 0.4) is 0 Å². The molecule has 0 aromatic carbocycles. The molecular formula is C2H4Ba2O3+2. The molecule has 5 heteroatoms. The molecule has 7 heavy (non-hydrogen) atoms. The van der Waals surface area contributed by atoms with Crippen molar-refractivity contribution in [1.82, 2.24) is 0 Å². The van der Waals surface area contributed by atoms with Gasteiger partial charge in [0.2, 0.25) is 0 Å². The molecule has 0 heterocycles. The quantitative estimate of drug-likeness (QED) is 0.466. The molecule has 0 aromatic heterocycles. The van der Waals surface area contributed by atoms with Gasteiger partial charge in [0.25, 0.3) is 0 Å². The fourth-order valence-electron chi connectivity index (χ4n) is 0. The van der Waals surface area contributed by atoms with Crippen LogP contribution in [0.25, 0.3) is 0 Å². The Kier molecular flexibility index (Phi) is 51.2. The van der Waals surface area contributed by atoms with Gasteiger partial charge in [-0.2, -0.15) is 0 Å². The molecule has 0 aliphatic rings. The van der Waals surface area contributed by atoms with Gasteiger partial charge in [0.15, 0.2) is 0 Å². The van der Waals surface area contributed by atoms with Crippen LogP contribution in [-0.2, 0) is 4.79 Å². The Labute approximate surface area is 123 Å². The number of carbonyl (C=O) groups excluding carboxylic acids is 1. The van der Waals surface area contributed by atoms with E-state index in [1.54, 1.807) is 0 Å². The minimum atomic E-state index is -1.08. The molecule has 0 bridgehead atoms. The number of rotatable bonds is 0. The Hall–Kier alpha value is 2.57. The minimum Gasteiger partial charge on any atom is -0.870 e. The maximum Gasteiger partial charge on any atom is 2.00 e. The van der Waals surface area contributed by atoms with Gasteiger partial charge in [0.05, 0.1) is 0 Å². The fraction of sp³-hybridized carbons (Fsp3) is 0.500. The average Bonchev–Trinajstić information content (AvgIpc) is 0.811. The molecule has 0 saturated carbocycles. The van der Waals surface area contributed by atoms with E-state index >= 15 is 0 Å². The van der Waals surface area contributed by atoms with Crippen LogP contribution < -0.4 is 5.11 Å². The van der Waals surface area contributed by atoms with Crippen LogP contribution >= 0.6 is 0 Å². The Bertz CT molecular complexity index is 33.9. The SMILES string of the molecule is CC(=O)[O-].[Ba+2].[Ba+2].[OH-]. The van der Waals surface area contributed by atoms with Crippen LogP contribution in [0.2, 0.25) is 0 Å². The van der Waals surface area contributed by atoms with Crippen molar-refractivity contribution in [3.63, 3.8) is 0 Å². The summed E-state index contributed by atoms with van der Waals surface area (Å²) in [5.74, 6) is -1.08. The summed E-state index contributed by atoms with van der Waals surface area (Å²) in [4.78, 5) is 8.89. The third kappa shape index (κ3) is 56.0. The van der Waals surface area contributed by atoms with Crippen molar-refractivity contribution in [3.8, 4) is 0 Å². The van der Waals surface area contributed by atoms with Gasteiger partial charge >= 0.3 is 97.8 Å². The molecule has 3 nitrogen and oxygen atoms in total. The molecule has 1 N–H and O–H groups in total. The molecule has 0 aromatic rings. The standard InChI is InChI=1S/C2H4O2.2Ba.H2O/c1-2(3)4;;;/h1H3,(H,3,4);;;1H2/q;2*+2;/p-2. The van der Waals surface area contributed by atoms with E-state index in [1.807, 2.05) is 0 Å². The van der Waals surface area contributed by atoms with Gasteiger partial charge in [-0.15, -0.1) is 0 Å². The number of carboxylic acids is 1. The summed E-state index contributed by atoms with van der Waals surface area (Å²) < 4.78 is 0. The van der Waals surface area contributed by atoms with Gasteiger partial charge in [-0.25, -0.2) is 0 Å². The van der Waals surface area contributed by atoms with Crippen molar-refractivity contribution in [2.24, 2.45) is 0 Å². The molecular weight excluding hydrogens is 347 g/mol. The van der Waals surface area contributed by atoms with E-state index in [4.69, 9.17) is 9.90 Å². The molecule has 0 spiro atoms. The molecule has 0 radical (unpaired) electrons. The fourth-order valence-corrected chi connectivity index (χ4v) is 0. The van der Waals surface area contributed by atoms with E-state index in [9.17, 15) is 0 Å². The maximum absolute atomic E-state index is 8.89. The number of hydrogen-bond acceptors (Lipinski definition) is 3. The third-order valence-electron chi connectivity index (χ3n) is 0. The second-order valence-corrected chi connectivity index (χ2v) is 0.492. The molecule has 0 saturated heterocycles. The first-order valence-corrected chi connectivity index (χ1v) is 0.908. The largest absolute Gasteiger partial charge is 2.00 e. The van der Waals surface area contributed by atoms with E-state index in [2.05, 4.69) is 0 Å². The predicted molar refractivity (Wildman–Crippen MR) is 24.1 cm³/mol.